The topological polar surface area (TPSA) is 109 Å². The molecule has 4 N–H and O–H groups in total. The number of thioether (sulfide) groups is 1. The number of carboxylic acid groups (broad SMARTS) is 1. The van der Waals surface area contributed by atoms with Gasteiger partial charge in [0.05, 0.1) is 0 Å². The average Bonchev–Trinajstić information content (AvgIpc) is 2.61. The second-order valence-corrected chi connectivity index (χ2v) is 8.21. The minimum atomic E-state index is -1.12. The van der Waals surface area contributed by atoms with Gasteiger partial charge in [0.25, 0.3) is 0 Å². The number of carboxylic acids is 1. The summed E-state index contributed by atoms with van der Waals surface area (Å²) < 4.78 is 0. The van der Waals surface area contributed by atoms with Crippen LogP contribution in [0.3, 0.4) is 0 Å². The second kappa shape index (κ2) is 15.6. The fourth-order valence-corrected chi connectivity index (χ4v) is 3.28. The van der Waals surface area contributed by atoms with E-state index in [0.717, 1.165) is 37.8 Å². The van der Waals surface area contributed by atoms with E-state index in [1.54, 1.807) is 0 Å². The Morgan fingerprint density at radius 3 is 2.10 bits per heavy atom. The molecule has 0 aromatic heterocycles. The molecule has 0 aliphatic rings. The summed E-state index contributed by atoms with van der Waals surface area (Å²) in [6, 6.07) is -1.02. The third kappa shape index (κ3) is 16.4. The first-order chi connectivity index (χ1) is 13.6. The van der Waals surface area contributed by atoms with Crippen LogP contribution in [-0.4, -0.2) is 40.4 Å². The highest BCUT2D eigenvalue weighted by atomic mass is 32.2. The Bertz CT molecular complexity index is 674. The van der Waals surface area contributed by atoms with Crippen LogP contribution in [-0.2, 0) is 14.4 Å². The lowest BCUT2D eigenvalue weighted by Gasteiger charge is -2.12. The minimum absolute atomic E-state index is 0.235. The van der Waals surface area contributed by atoms with Crippen molar-refractivity contribution in [2.45, 2.75) is 59.4 Å². The van der Waals surface area contributed by atoms with Crippen LogP contribution in [0.1, 0.15) is 53.4 Å². The molecule has 162 valence electrons. The highest BCUT2D eigenvalue weighted by Gasteiger charge is 2.18. The van der Waals surface area contributed by atoms with Gasteiger partial charge in [-0.25, -0.2) is 4.79 Å². The molecule has 0 spiro atoms. The Kier molecular flexibility index (Phi) is 14.4. The van der Waals surface area contributed by atoms with Crippen LogP contribution < -0.4 is 11.1 Å². The van der Waals surface area contributed by atoms with Gasteiger partial charge in [-0.15, -0.1) is 0 Å². The Morgan fingerprint density at radius 1 is 0.966 bits per heavy atom. The molecule has 0 aliphatic heterocycles. The van der Waals surface area contributed by atoms with E-state index in [-0.39, 0.29) is 5.75 Å². The molecule has 0 aromatic rings. The lowest BCUT2D eigenvalue weighted by molar-refractivity contribution is -0.140. The smallest absolute Gasteiger partial charge is 0.327 e. The normalized spacial score (nSPS) is 13.2. The number of hydrogen-bond donors (Lipinski definition) is 3. The lowest BCUT2D eigenvalue weighted by atomic mass is 10.1. The maximum absolute atomic E-state index is 11.6. The maximum atomic E-state index is 11.6. The number of primary amides is 1. The van der Waals surface area contributed by atoms with Crippen LogP contribution in [0.2, 0.25) is 0 Å². The fourth-order valence-electron chi connectivity index (χ4n) is 2.28. The predicted octanol–water partition coefficient (Wildman–Crippen LogP) is 3.75. The summed E-state index contributed by atoms with van der Waals surface area (Å²) in [6.07, 6.45) is 12.6. The molecule has 0 fully saturated rings. The summed E-state index contributed by atoms with van der Waals surface area (Å²) >= 11 is 1.43. The quantitative estimate of drug-likeness (QED) is 0.224. The van der Waals surface area contributed by atoms with Crippen molar-refractivity contribution < 1.29 is 19.5 Å². The van der Waals surface area contributed by atoms with Gasteiger partial charge in [-0.1, -0.05) is 34.9 Å². The molecular formula is C22H34N2O4S. The van der Waals surface area contributed by atoms with Crippen molar-refractivity contribution in [2.24, 2.45) is 5.73 Å². The highest BCUT2D eigenvalue weighted by molar-refractivity contribution is 7.99. The van der Waals surface area contributed by atoms with Crippen molar-refractivity contribution in [3.63, 3.8) is 0 Å². The predicted molar refractivity (Wildman–Crippen MR) is 121 cm³/mol. The number of hydrogen-bond acceptors (Lipinski definition) is 4. The van der Waals surface area contributed by atoms with Crippen LogP contribution in [0.4, 0.5) is 0 Å². The number of allylic oxidation sites excluding steroid dienone is 5. The highest BCUT2D eigenvalue weighted by Crippen LogP contribution is 2.13. The summed E-state index contributed by atoms with van der Waals surface area (Å²) in [4.78, 5) is 33.4. The maximum Gasteiger partial charge on any atom is 0.327 e. The SMILES string of the molecule is CC(C)=CCCC(C)=CCCC(C)=CCSC[C@H](NC(=O)C=CC(N)=O)C(=O)O. The van der Waals surface area contributed by atoms with Crippen molar-refractivity contribution in [3.05, 3.63) is 47.1 Å². The first-order valence-corrected chi connectivity index (χ1v) is 10.8. The molecule has 0 saturated carbocycles. The molecule has 0 aliphatic carbocycles. The molecule has 2 amide bonds. The number of nitrogens with one attached hydrogen (secondary N) is 1. The molecule has 0 unspecified atom stereocenters. The third-order valence-corrected chi connectivity index (χ3v) is 4.94. The Balaban J connectivity index is 4.27. The zero-order valence-electron chi connectivity index (χ0n) is 17.9. The molecule has 7 heteroatoms. The van der Waals surface area contributed by atoms with Crippen LogP contribution in [0.5, 0.6) is 0 Å². The Morgan fingerprint density at radius 2 is 1.55 bits per heavy atom. The van der Waals surface area contributed by atoms with Gasteiger partial charge in [0.2, 0.25) is 11.8 Å². The van der Waals surface area contributed by atoms with E-state index in [2.05, 4.69) is 51.2 Å². The van der Waals surface area contributed by atoms with E-state index in [9.17, 15) is 19.5 Å². The first-order valence-electron chi connectivity index (χ1n) is 9.65. The molecule has 0 saturated heterocycles. The number of carbonyl (C=O) groups is 3. The van der Waals surface area contributed by atoms with E-state index in [0.29, 0.717) is 5.75 Å². The molecule has 0 rings (SSSR count). The van der Waals surface area contributed by atoms with Gasteiger partial charge in [-0.3, -0.25) is 9.59 Å². The molecule has 0 heterocycles. The summed E-state index contributed by atoms with van der Waals surface area (Å²) in [6.45, 7) is 8.45. The van der Waals surface area contributed by atoms with E-state index in [4.69, 9.17) is 5.73 Å². The number of aliphatic carboxylic acids is 1. The second-order valence-electron chi connectivity index (χ2n) is 7.13. The van der Waals surface area contributed by atoms with Crippen LogP contribution in [0.15, 0.2) is 47.1 Å². The van der Waals surface area contributed by atoms with Crippen molar-refractivity contribution in [1.82, 2.24) is 5.32 Å². The van der Waals surface area contributed by atoms with Gasteiger partial charge in [-0.05, 0) is 53.4 Å². The van der Waals surface area contributed by atoms with E-state index in [1.165, 1.54) is 28.5 Å². The van der Waals surface area contributed by atoms with Gasteiger partial charge < -0.3 is 16.2 Å². The summed E-state index contributed by atoms with van der Waals surface area (Å²) in [5.41, 5.74) is 8.90. The molecule has 29 heavy (non-hydrogen) atoms. The van der Waals surface area contributed by atoms with E-state index in [1.807, 2.05) is 0 Å². The molecule has 6 nitrogen and oxygen atoms in total. The molecule has 1 atom stereocenters. The minimum Gasteiger partial charge on any atom is -0.480 e. The summed E-state index contributed by atoms with van der Waals surface area (Å²) in [5.74, 6) is -1.63. The third-order valence-electron chi connectivity index (χ3n) is 3.97. The van der Waals surface area contributed by atoms with Crippen molar-refractivity contribution in [1.29, 1.82) is 0 Å². The Labute approximate surface area is 178 Å². The molecule has 0 aromatic carbocycles. The first kappa shape index (κ1) is 26.7. The molecule has 0 radical (unpaired) electrons. The Hall–Kier alpha value is -2.28. The van der Waals surface area contributed by atoms with E-state index >= 15 is 0 Å². The largest absolute Gasteiger partial charge is 0.480 e. The molecule has 0 bridgehead atoms. The lowest BCUT2D eigenvalue weighted by Crippen LogP contribution is -2.42. The van der Waals surface area contributed by atoms with Gasteiger partial charge in [0.15, 0.2) is 0 Å². The van der Waals surface area contributed by atoms with Crippen molar-refractivity contribution in [3.8, 4) is 0 Å². The number of amides is 2. The zero-order chi connectivity index (χ0) is 22.2. The van der Waals surface area contributed by atoms with Crippen LogP contribution in [0, 0.1) is 0 Å². The van der Waals surface area contributed by atoms with Crippen LogP contribution in [0.25, 0.3) is 0 Å². The number of carbonyl (C=O) groups excluding carboxylic acids is 2. The zero-order valence-corrected chi connectivity index (χ0v) is 18.7. The van der Waals surface area contributed by atoms with Gasteiger partial charge in [0.1, 0.15) is 6.04 Å². The summed E-state index contributed by atoms with van der Waals surface area (Å²) in [5, 5.41) is 11.5. The monoisotopic (exact) mass is 422 g/mol. The van der Waals surface area contributed by atoms with Crippen molar-refractivity contribution >= 4 is 29.5 Å². The average molecular weight is 423 g/mol. The number of nitrogens with two attached hydrogens (primary N) is 1. The van der Waals surface area contributed by atoms with E-state index < -0.39 is 23.8 Å². The van der Waals surface area contributed by atoms with Gasteiger partial charge in [-0.2, -0.15) is 11.8 Å². The fraction of sp³-hybridized carbons (Fsp3) is 0.500. The van der Waals surface area contributed by atoms with Gasteiger partial charge in [0, 0.05) is 23.7 Å². The summed E-state index contributed by atoms with van der Waals surface area (Å²) in [7, 11) is 0. The standard InChI is InChI=1S/C22H34N2O4S/c1-16(2)7-5-8-17(3)9-6-10-18(4)13-14-29-15-19(22(27)28)24-21(26)12-11-20(23)25/h7,9,11-13,19H,5-6,8,10,14-15H2,1-4H3,(H2,23,25)(H,24,26)(H,27,28)/t19-/m0/s1. The van der Waals surface area contributed by atoms with Crippen molar-refractivity contribution in [2.75, 3.05) is 11.5 Å². The molecular weight excluding hydrogens is 388 g/mol. The van der Waals surface area contributed by atoms with Crippen LogP contribution >= 0.6 is 11.8 Å². The number of rotatable bonds is 14. The van der Waals surface area contributed by atoms with Gasteiger partial charge >= 0.3 is 5.97 Å².